The van der Waals surface area contributed by atoms with Crippen molar-refractivity contribution in [3.8, 4) is 0 Å². The van der Waals surface area contributed by atoms with E-state index < -0.39 is 0 Å². The zero-order valence-corrected chi connectivity index (χ0v) is 14.8. The maximum Gasteiger partial charge on any atom is 0.319 e. The van der Waals surface area contributed by atoms with Crippen LogP contribution in [0.5, 0.6) is 0 Å². The number of hydrogen-bond acceptors (Lipinski definition) is 6. The highest BCUT2D eigenvalue weighted by Crippen LogP contribution is 2.19. The van der Waals surface area contributed by atoms with Crippen LogP contribution in [-0.2, 0) is 4.74 Å². The molecule has 0 aliphatic carbocycles. The molecule has 0 spiro atoms. The predicted molar refractivity (Wildman–Crippen MR) is 99.4 cm³/mol. The molecule has 2 N–H and O–H groups in total. The number of nitrogens with one attached hydrogen (secondary N) is 2. The Labute approximate surface area is 156 Å². The summed E-state index contributed by atoms with van der Waals surface area (Å²) in [6.07, 6.45) is 5.19. The minimum atomic E-state index is -0.291. The summed E-state index contributed by atoms with van der Waals surface area (Å²) in [6.45, 7) is 3.43. The quantitative estimate of drug-likeness (QED) is 0.706. The summed E-state index contributed by atoms with van der Waals surface area (Å²) in [7, 11) is 0. The van der Waals surface area contributed by atoms with Crippen LogP contribution < -0.4 is 10.6 Å². The number of anilines is 1. The summed E-state index contributed by atoms with van der Waals surface area (Å²) < 4.78 is 7.20. The lowest BCUT2D eigenvalue weighted by molar-refractivity contribution is 0.0159. The van der Waals surface area contributed by atoms with Crippen LogP contribution in [0, 0.1) is 0 Å². The second kappa shape index (κ2) is 8.11. The zero-order valence-electron chi connectivity index (χ0n) is 14.8. The van der Waals surface area contributed by atoms with E-state index in [1.165, 1.54) is 0 Å². The van der Waals surface area contributed by atoms with E-state index >= 15 is 0 Å². The average Bonchev–Trinajstić information content (AvgIpc) is 3.20. The molecule has 1 saturated heterocycles. The van der Waals surface area contributed by atoms with Gasteiger partial charge in [-0.3, -0.25) is 14.3 Å². The number of urea groups is 1. The van der Waals surface area contributed by atoms with E-state index in [0.29, 0.717) is 31.1 Å². The molecule has 140 valence electrons. The molecular formula is C18H21N7O2. The molecule has 2 amide bonds. The SMILES string of the molecule is O=C(NCC(c1ccccn1)N1CCOCC1)Nc1cccn2cnnc12. The van der Waals surface area contributed by atoms with Crippen LogP contribution in [0.1, 0.15) is 11.7 Å². The van der Waals surface area contributed by atoms with E-state index in [0.717, 1.165) is 18.8 Å². The number of nitrogens with zero attached hydrogens (tertiary/aromatic N) is 5. The molecule has 0 aromatic carbocycles. The number of aromatic nitrogens is 4. The van der Waals surface area contributed by atoms with Gasteiger partial charge in [0.1, 0.15) is 6.33 Å². The van der Waals surface area contributed by atoms with Gasteiger partial charge in [0.05, 0.1) is 30.6 Å². The fourth-order valence-electron chi connectivity index (χ4n) is 3.19. The molecule has 1 unspecified atom stereocenters. The Morgan fingerprint density at radius 3 is 2.93 bits per heavy atom. The van der Waals surface area contributed by atoms with Crippen molar-refractivity contribution in [1.29, 1.82) is 0 Å². The molecule has 0 radical (unpaired) electrons. The Balaban J connectivity index is 1.44. The first-order valence-corrected chi connectivity index (χ1v) is 8.87. The first kappa shape index (κ1) is 17.4. The van der Waals surface area contributed by atoms with E-state index in [1.54, 1.807) is 23.0 Å². The number of morpholine rings is 1. The highest BCUT2D eigenvalue weighted by Gasteiger charge is 2.24. The van der Waals surface area contributed by atoms with Gasteiger partial charge in [-0.2, -0.15) is 0 Å². The van der Waals surface area contributed by atoms with Gasteiger partial charge in [-0.05, 0) is 24.3 Å². The molecule has 9 nitrogen and oxygen atoms in total. The average molecular weight is 367 g/mol. The Morgan fingerprint density at radius 1 is 1.22 bits per heavy atom. The maximum absolute atomic E-state index is 12.5. The van der Waals surface area contributed by atoms with Gasteiger partial charge in [0.15, 0.2) is 5.65 Å². The van der Waals surface area contributed by atoms with Gasteiger partial charge >= 0.3 is 6.03 Å². The molecule has 3 aromatic heterocycles. The molecule has 0 saturated carbocycles. The van der Waals surface area contributed by atoms with Gasteiger partial charge in [0.25, 0.3) is 0 Å². The van der Waals surface area contributed by atoms with Gasteiger partial charge in [-0.25, -0.2) is 4.79 Å². The molecule has 9 heteroatoms. The van der Waals surface area contributed by atoms with E-state index in [2.05, 4.69) is 30.7 Å². The Bertz CT molecular complexity index is 893. The lowest BCUT2D eigenvalue weighted by Gasteiger charge is -2.34. The number of pyridine rings is 2. The number of carbonyl (C=O) groups is 1. The van der Waals surface area contributed by atoms with E-state index in [1.807, 2.05) is 30.5 Å². The predicted octanol–water partition coefficient (Wildman–Crippen LogP) is 1.32. The summed E-state index contributed by atoms with van der Waals surface area (Å²) in [4.78, 5) is 19.2. The Hall–Kier alpha value is -3.04. The largest absolute Gasteiger partial charge is 0.379 e. The van der Waals surface area contributed by atoms with Crippen molar-refractivity contribution in [2.45, 2.75) is 6.04 Å². The second-order valence-corrected chi connectivity index (χ2v) is 6.24. The van der Waals surface area contributed by atoms with Crippen LogP contribution in [0.4, 0.5) is 10.5 Å². The molecule has 1 aliphatic rings. The summed E-state index contributed by atoms with van der Waals surface area (Å²) in [5, 5.41) is 13.7. The summed E-state index contributed by atoms with van der Waals surface area (Å²) >= 11 is 0. The van der Waals surface area contributed by atoms with Crippen molar-refractivity contribution < 1.29 is 9.53 Å². The minimum Gasteiger partial charge on any atom is -0.379 e. The van der Waals surface area contributed by atoms with Gasteiger partial charge in [-0.15, -0.1) is 10.2 Å². The van der Waals surface area contributed by atoms with Crippen LogP contribution in [0.25, 0.3) is 5.65 Å². The normalized spacial score (nSPS) is 16.1. The van der Waals surface area contributed by atoms with Crippen molar-refractivity contribution >= 4 is 17.4 Å². The smallest absolute Gasteiger partial charge is 0.319 e. The number of rotatable bonds is 5. The molecule has 1 fully saturated rings. The van der Waals surface area contributed by atoms with Crippen molar-refractivity contribution in [2.75, 3.05) is 38.2 Å². The van der Waals surface area contributed by atoms with Crippen LogP contribution in [0.2, 0.25) is 0 Å². The Kier molecular flexibility index (Phi) is 5.22. The lowest BCUT2D eigenvalue weighted by Crippen LogP contribution is -2.44. The third kappa shape index (κ3) is 4.04. The number of amides is 2. The number of ether oxygens (including phenoxy) is 1. The van der Waals surface area contributed by atoms with E-state index in [4.69, 9.17) is 4.74 Å². The standard InChI is InChI=1S/C18H21N7O2/c26-18(22-15-5-3-7-25-13-21-23-17(15)25)20-12-16(14-4-1-2-6-19-14)24-8-10-27-11-9-24/h1-7,13,16H,8-12H2,(H2,20,22,26). The third-order valence-electron chi connectivity index (χ3n) is 4.54. The molecule has 27 heavy (non-hydrogen) atoms. The van der Waals surface area contributed by atoms with Crippen LogP contribution in [0.15, 0.2) is 49.1 Å². The number of hydrogen-bond donors (Lipinski definition) is 2. The molecule has 4 heterocycles. The van der Waals surface area contributed by atoms with Crippen molar-refractivity contribution in [3.05, 3.63) is 54.7 Å². The van der Waals surface area contributed by atoms with Crippen LogP contribution in [-0.4, -0.2) is 63.4 Å². The molecule has 1 aliphatic heterocycles. The summed E-state index contributed by atoms with van der Waals surface area (Å²) in [5.41, 5.74) is 2.13. The molecular weight excluding hydrogens is 346 g/mol. The zero-order chi connectivity index (χ0) is 18.5. The fourth-order valence-corrected chi connectivity index (χ4v) is 3.19. The summed E-state index contributed by atoms with van der Waals surface area (Å²) in [6, 6.07) is 9.15. The minimum absolute atomic E-state index is 0.00951. The van der Waals surface area contributed by atoms with Gasteiger partial charge < -0.3 is 15.4 Å². The molecule has 4 rings (SSSR count). The molecule has 3 aromatic rings. The Morgan fingerprint density at radius 2 is 2.11 bits per heavy atom. The van der Waals surface area contributed by atoms with Crippen LogP contribution >= 0.6 is 0 Å². The maximum atomic E-state index is 12.5. The molecule has 1 atom stereocenters. The number of carbonyl (C=O) groups excluding carboxylic acids is 1. The first-order chi connectivity index (χ1) is 13.3. The number of fused-ring (bicyclic) bond motifs is 1. The van der Waals surface area contributed by atoms with Crippen molar-refractivity contribution in [1.82, 2.24) is 29.8 Å². The fraction of sp³-hybridized carbons (Fsp3) is 0.333. The van der Waals surface area contributed by atoms with E-state index in [9.17, 15) is 4.79 Å². The third-order valence-corrected chi connectivity index (χ3v) is 4.54. The lowest BCUT2D eigenvalue weighted by atomic mass is 10.1. The van der Waals surface area contributed by atoms with Gasteiger partial charge in [0.2, 0.25) is 0 Å². The monoisotopic (exact) mass is 367 g/mol. The van der Waals surface area contributed by atoms with Gasteiger partial charge in [0, 0.05) is 32.0 Å². The summed E-state index contributed by atoms with van der Waals surface area (Å²) in [5.74, 6) is 0. The molecule has 0 bridgehead atoms. The van der Waals surface area contributed by atoms with Crippen LogP contribution in [0.3, 0.4) is 0 Å². The van der Waals surface area contributed by atoms with Crippen molar-refractivity contribution in [3.63, 3.8) is 0 Å². The highest BCUT2D eigenvalue weighted by molar-refractivity contribution is 5.92. The van der Waals surface area contributed by atoms with E-state index in [-0.39, 0.29) is 12.1 Å². The second-order valence-electron chi connectivity index (χ2n) is 6.24. The van der Waals surface area contributed by atoms with Crippen molar-refractivity contribution in [2.24, 2.45) is 0 Å². The van der Waals surface area contributed by atoms with Gasteiger partial charge in [-0.1, -0.05) is 6.07 Å². The first-order valence-electron chi connectivity index (χ1n) is 8.87. The topological polar surface area (TPSA) is 96.7 Å². The highest BCUT2D eigenvalue weighted by atomic mass is 16.5.